The van der Waals surface area contributed by atoms with Crippen LogP contribution < -0.4 is 14.8 Å². The van der Waals surface area contributed by atoms with Gasteiger partial charge < -0.3 is 19.5 Å². The zero-order valence-electron chi connectivity index (χ0n) is 13.9. The van der Waals surface area contributed by atoms with Crippen LogP contribution in [0.15, 0.2) is 42.6 Å². The monoisotopic (exact) mass is 328 g/mol. The second kappa shape index (κ2) is 6.39. The van der Waals surface area contributed by atoms with Gasteiger partial charge in [0.2, 0.25) is 5.88 Å². The van der Waals surface area contributed by atoms with Gasteiger partial charge in [-0.3, -0.25) is 0 Å². The first-order valence-corrected chi connectivity index (χ1v) is 7.78. The molecule has 1 atom stereocenters. The van der Waals surface area contributed by atoms with E-state index in [0.717, 1.165) is 5.56 Å². The maximum absolute atomic E-state index is 11.9. The van der Waals surface area contributed by atoms with E-state index in [-0.39, 0.29) is 6.54 Å². The number of carbonyl (C=O) groups excluding carboxylic acids is 1. The highest BCUT2D eigenvalue weighted by molar-refractivity contribution is 5.67. The molecule has 2 aromatic rings. The number of nitrogens with zero attached hydrogens (tertiary/aromatic N) is 1. The predicted octanol–water partition coefficient (Wildman–Crippen LogP) is 3.83. The van der Waals surface area contributed by atoms with Gasteiger partial charge in [-0.05, 0) is 45.0 Å². The van der Waals surface area contributed by atoms with E-state index in [1.807, 2.05) is 57.2 Å². The molecule has 1 aliphatic heterocycles. The molecule has 0 saturated carbocycles. The zero-order valence-corrected chi connectivity index (χ0v) is 13.9. The van der Waals surface area contributed by atoms with Gasteiger partial charge in [0.1, 0.15) is 11.7 Å². The van der Waals surface area contributed by atoms with Gasteiger partial charge in [-0.15, -0.1) is 0 Å². The number of para-hydroxylation sites is 2. The molecule has 1 N–H and O–H groups in total. The molecule has 1 aromatic heterocycles. The molecule has 1 aliphatic rings. The number of fused-ring (bicyclic) bond motifs is 2. The molecule has 0 bridgehead atoms. The summed E-state index contributed by atoms with van der Waals surface area (Å²) >= 11 is 0. The van der Waals surface area contributed by atoms with E-state index in [9.17, 15) is 4.79 Å². The molecule has 1 aromatic carbocycles. The van der Waals surface area contributed by atoms with E-state index in [4.69, 9.17) is 14.2 Å². The maximum atomic E-state index is 11.9. The number of alkyl carbamates (subject to hydrolysis) is 1. The number of carbonyl (C=O) groups is 1. The first kappa shape index (κ1) is 16.1. The number of benzene rings is 1. The van der Waals surface area contributed by atoms with Crippen molar-refractivity contribution in [1.82, 2.24) is 10.3 Å². The van der Waals surface area contributed by atoms with Crippen molar-refractivity contribution >= 4 is 6.09 Å². The molecule has 3 rings (SSSR count). The van der Waals surface area contributed by atoms with Gasteiger partial charge in [-0.1, -0.05) is 12.1 Å². The van der Waals surface area contributed by atoms with Crippen LogP contribution in [-0.2, 0) is 4.74 Å². The van der Waals surface area contributed by atoms with Crippen molar-refractivity contribution in [2.75, 3.05) is 6.54 Å². The SMILES string of the molecule is CC(C)(C)OC(=O)NCC1Oc2ccccc2Oc2ncccc21. The van der Waals surface area contributed by atoms with E-state index < -0.39 is 17.8 Å². The Morgan fingerprint density at radius 3 is 2.71 bits per heavy atom. The average molecular weight is 328 g/mol. The Balaban J connectivity index is 1.80. The minimum atomic E-state index is -0.552. The van der Waals surface area contributed by atoms with Crippen LogP contribution in [0.1, 0.15) is 32.4 Å². The Morgan fingerprint density at radius 1 is 1.21 bits per heavy atom. The fourth-order valence-corrected chi connectivity index (χ4v) is 2.33. The lowest BCUT2D eigenvalue weighted by molar-refractivity contribution is 0.0501. The summed E-state index contributed by atoms with van der Waals surface area (Å²) in [4.78, 5) is 16.2. The van der Waals surface area contributed by atoms with Crippen LogP contribution >= 0.6 is 0 Å². The first-order valence-electron chi connectivity index (χ1n) is 7.78. The van der Waals surface area contributed by atoms with Crippen molar-refractivity contribution in [3.8, 4) is 17.4 Å². The molecule has 1 amide bonds. The van der Waals surface area contributed by atoms with Crippen LogP contribution in [0.2, 0.25) is 0 Å². The topological polar surface area (TPSA) is 69.7 Å². The van der Waals surface area contributed by atoms with Gasteiger partial charge in [0.25, 0.3) is 0 Å². The molecule has 2 heterocycles. The quantitative estimate of drug-likeness (QED) is 0.907. The van der Waals surface area contributed by atoms with E-state index in [1.165, 1.54) is 0 Å². The van der Waals surface area contributed by atoms with E-state index in [0.29, 0.717) is 17.4 Å². The molecule has 6 heteroatoms. The molecular weight excluding hydrogens is 308 g/mol. The van der Waals surface area contributed by atoms with Crippen molar-refractivity contribution in [1.29, 1.82) is 0 Å². The van der Waals surface area contributed by atoms with Gasteiger partial charge in [0.05, 0.1) is 12.1 Å². The predicted molar refractivity (Wildman–Crippen MR) is 88.4 cm³/mol. The van der Waals surface area contributed by atoms with Gasteiger partial charge in [0.15, 0.2) is 11.5 Å². The van der Waals surface area contributed by atoms with E-state index >= 15 is 0 Å². The number of aromatic nitrogens is 1. The fraction of sp³-hybridized carbons (Fsp3) is 0.333. The summed E-state index contributed by atoms with van der Waals surface area (Å²) in [5.74, 6) is 1.67. The number of pyridine rings is 1. The number of rotatable bonds is 2. The van der Waals surface area contributed by atoms with Gasteiger partial charge in [-0.2, -0.15) is 0 Å². The molecule has 6 nitrogen and oxygen atoms in total. The van der Waals surface area contributed by atoms with Crippen molar-refractivity contribution in [2.45, 2.75) is 32.5 Å². The van der Waals surface area contributed by atoms with Gasteiger partial charge in [0, 0.05) is 6.20 Å². The summed E-state index contributed by atoms with van der Waals surface area (Å²) in [7, 11) is 0. The van der Waals surface area contributed by atoms with Crippen molar-refractivity contribution in [2.24, 2.45) is 0 Å². The van der Waals surface area contributed by atoms with Crippen molar-refractivity contribution in [3.63, 3.8) is 0 Å². The summed E-state index contributed by atoms with van der Waals surface area (Å²) in [6.45, 7) is 5.69. The number of nitrogens with one attached hydrogen (secondary N) is 1. The van der Waals surface area contributed by atoms with Gasteiger partial charge in [-0.25, -0.2) is 9.78 Å². The zero-order chi connectivity index (χ0) is 17.2. The Morgan fingerprint density at radius 2 is 1.96 bits per heavy atom. The molecule has 24 heavy (non-hydrogen) atoms. The summed E-state index contributed by atoms with van der Waals surface area (Å²) < 4.78 is 17.1. The Labute approximate surface area is 140 Å². The number of hydrogen-bond acceptors (Lipinski definition) is 5. The normalized spacial score (nSPS) is 15.9. The number of amides is 1. The third-order valence-electron chi connectivity index (χ3n) is 3.30. The molecule has 1 unspecified atom stereocenters. The Kier molecular flexibility index (Phi) is 4.29. The highest BCUT2D eigenvalue weighted by atomic mass is 16.6. The summed E-state index contributed by atoms with van der Waals surface area (Å²) in [6, 6.07) is 11.0. The van der Waals surface area contributed by atoms with Crippen LogP contribution in [0, 0.1) is 0 Å². The van der Waals surface area contributed by atoms with Crippen molar-refractivity contribution < 1.29 is 19.0 Å². The molecular formula is C18H20N2O4. The van der Waals surface area contributed by atoms with Crippen LogP contribution in [0.25, 0.3) is 0 Å². The molecule has 126 valence electrons. The highest BCUT2D eigenvalue weighted by Gasteiger charge is 2.26. The summed E-state index contributed by atoms with van der Waals surface area (Å²) in [5.41, 5.74) is 0.216. The fourth-order valence-electron chi connectivity index (χ4n) is 2.33. The second-order valence-electron chi connectivity index (χ2n) is 6.44. The summed E-state index contributed by atoms with van der Waals surface area (Å²) in [6.07, 6.45) is 0.741. The van der Waals surface area contributed by atoms with Crippen LogP contribution in [-0.4, -0.2) is 23.2 Å². The second-order valence-corrected chi connectivity index (χ2v) is 6.44. The molecule has 0 spiro atoms. The van der Waals surface area contributed by atoms with E-state index in [2.05, 4.69) is 10.3 Å². The smallest absolute Gasteiger partial charge is 0.407 e. The largest absolute Gasteiger partial charge is 0.480 e. The maximum Gasteiger partial charge on any atom is 0.407 e. The number of ether oxygens (including phenoxy) is 3. The third kappa shape index (κ3) is 3.76. The molecule has 0 fully saturated rings. The molecule has 0 aliphatic carbocycles. The minimum absolute atomic E-state index is 0.241. The highest BCUT2D eigenvalue weighted by Crippen LogP contribution is 2.40. The molecule has 0 saturated heterocycles. The lowest BCUT2D eigenvalue weighted by Gasteiger charge is -2.22. The Hall–Kier alpha value is -2.76. The minimum Gasteiger partial charge on any atom is -0.480 e. The lowest BCUT2D eigenvalue weighted by Crippen LogP contribution is -2.35. The lowest BCUT2D eigenvalue weighted by atomic mass is 10.1. The first-order chi connectivity index (χ1) is 11.4. The average Bonchev–Trinajstić information content (AvgIpc) is 2.67. The standard InChI is InChI=1S/C18H20N2O4/c1-18(2,3)24-17(21)20-11-15-12-7-6-10-19-16(12)23-14-9-5-4-8-13(14)22-15/h4-10,15H,11H2,1-3H3,(H,20,21). The number of hydrogen-bond donors (Lipinski definition) is 1. The van der Waals surface area contributed by atoms with Crippen LogP contribution in [0.4, 0.5) is 4.79 Å². The van der Waals surface area contributed by atoms with Crippen LogP contribution in [0.5, 0.6) is 17.4 Å². The third-order valence-corrected chi connectivity index (χ3v) is 3.30. The Bertz CT molecular complexity index is 740. The van der Waals surface area contributed by atoms with Crippen LogP contribution in [0.3, 0.4) is 0 Å². The molecule has 0 radical (unpaired) electrons. The van der Waals surface area contributed by atoms with E-state index in [1.54, 1.807) is 6.20 Å². The van der Waals surface area contributed by atoms with Crippen molar-refractivity contribution in [3.05, 3.63) is 48.2 Å². The summed E-state index contributed by atoms with van der Waals surface area (Å²) in [5, 5.41) is 2.74. The van der Waals surface area contributed by atoms with Gasteiger partial charge >= 0.3 is 6.09 Å².